The summed E-state index contributed by atoms with van der Waals surface area (Å²) in [5.41, 5.74) is 1.26. The van der Waals surface area contributed by atoms with Crippen LogP contribution < -0.4 is 0 Å². The molecule has 0 aliphatic heterocycles. The van der Waals surface area contributed by atoms with Gasteiger partial charge >= 0.3 is 7.12 Å². The van der Waals surface area contributed by atoms with Gasteiger partial charge in [0.1, 0.15) is 5.76 Å². The van der Waals surface area contributed by atoms with Gasteiger partial charge in [-0.3, -0.25) is 0 Å². The molecule has 0 aromatic heterocycles. The van der Waals surface area contributed by atoms with Crippen molar-refractivity contribution in [1.29, 1.82) is 0 Å². The van der Waals surface area contributed by atoms with Crippen LogP contribution in [0.3, 0.4) is 0 Å². The first kappa shape index (κ1) is 15.6. The molecule has 0 spiro atoms. The van der Waals surface area contributed by atoms with Gasteiger partial charge in [-0.25, -0.2) is 0 Å². The summed E-state index contributed by atoms with van der Waals surface area (Å²) in [6.07, 6.45) is 4.83. The normalized spacial score (nSPS) is 16.3. The maximum Gasteiger partial charge on any atom is 0.451 e. The van der Waals surface area contributed by atoms with Gasteiger partial charge in [-0.05, 0) is 43.0 Å². The summed E-state index contributed by atoms with van der Waals surface area (Å²) in [7, 11) is 0.508. The number of ether oxygens (including phenoxy) is 1. The van der Waals surface area contributed by atoms with Gasteiger partial charge in [0.25, 0.3) is 0 Å². The van der Waals surface area contributed by atoms with Gasteiger partial charge in [0.15, 0.2) is 0 Å². The van der Waals surface area contributed by atoms with Crippen molar-refractivity contribution in [3.63, 3.8) is 0 Å². The summed E-state index contributed by atoms with van der Waals surface area (Å²) in [6, 6.07) is 0. The molecule has 0 bridgehead atoms. The first-order valence-corrected chi connectivity index (χ1v) is 6.80. The summed E-state index contributed by atoms with van der Waals surface area (Å²) in [5.74, 6) is 1.11. The quantitative estimate of drug-likeness (QED) is 0.566. The van der Waals surface area contributed by atoms with Crippen molar-refractivity contribution >= 4 is 7.12 Å². The Balaban J connectivity index is 2.79. The standard InChI is InChI=1S/C14H27BO3/c1-13(2,10-15(16)17)9-14(3,4)12(18-5)11-7-6-8-11/h16-17H,6-10H2,1-5H3. The molecule has 1 saturated carbocycles. The molecule has 0 aromatic rings. The summed E-state index contributed by atoms with van der Waals surface area (Å²) < 4.78 is 5.62. The fourth-order valence-electron chi connectivity index (χ4n) is 3.32. The predicted octanol–water partition coefficient (Wildman–Crippen LogP) is 2.99. The second-order valence-electron chi connectivity index (χ2n) is 6.90. The molecule has 1 fully saturated rings. The molecule has 0 saturated heterocycles. The van der Waals surface area contributed by atoms with E-state index < -0.39 is 7.12 Å². The van der Waals surface area contributed by atoms with Crippen LogP contribution in [-0.4, -0.2) is 24.3 Å². The monoisotopic (exact) mass is 254 g/mol. The van der Waals surface area contributed by atoms with Crippen LogP contribution in [0.25, 0.3) is 0 Å². The molecule has 0 atom stereocenters. The summed E-state index contributed by atoms with van der Waals surface area (Å²) in [6.45, 7) is 8.52. The lowest BCUT2D eigenvalue weighted by Gasteiger charge is -2.38. The SMILES string of the molecule is COC(=C1CCC1)C(C)(C)CC(C)(C)CB(O)O. The molecule has 0 heterocycles. The summed E-state index contributed by atoms with van der Waals surface area (Å²) in [5, 5.41) is 18.3. The maximum atomic E-state index is 9.16. The molecule has 1 aliphatic rings. The molecule has 1 aliphatic carbocycles. The van der Waals surface area contributed by atoms with Crippen molar-refractivity contribution in [2.24, 2.45) is 10.8 Å². The summed E-state index contributed by atoms with van der Waals surface area (Å²) in [4.78, 5) is 0. The zero-order valence-electron chi connectivity index (χ0n) is 12.4. The van der Waals surface area contributed by atoms with E-state index in [0.717, 1.165) is 25.0 Å². The lowest BCUT2D eigenvalue weighted by molar-refractivity contribution is 0.135. The van der Waals surface area contributed by atoms with Crippen molar-refractivity contribution < 1.29 is 14.8 Å². The third-order valence-corrected chi connectivity index (χ3v) is 3.75. The Hall–Kier alpha value is -0.475. The minimum Gasteiger partial charge on any atom is -0.501 e. The van der Waals surface area contributed by atoms with E-state index in [0.29, 0.717) is 6.32 Å². The molecule has 18 heavy (non-hydrogen) atoms. The zero-order valence-corrected chi connectivity index (χ0v) is 12.4. The van der Waals surface area contributed by atoms with Gasteiger partial charge in [0, 0.05) is 5.41 Å². The Morgan fingerprint density at radius 1 is 1.22 bits per heavy atom. The van der Waals surface area contributed by atoms with Gasteiger partial charge in [0.2, 0.25) is 0 Å². The molecular weight excluding hydrogens is 227 g/mol. The smallest absolute Gasteiger partial charge is 0.451 e. The van der Waals surface area contributed by atoms with Crippen molar-refractivity contribution in [3.05, 3.63) is 11.3 Å². The topological polar surface area (TPSA) is 49.7 Å². The Bertz CT molecular complexity index is 313. The Labute approximate surface area is 111 Å². The Morgan fingerprint density at radius 3 is 2.11 bits per heavy atom. The lowest BCUT2D eigenvalue weighted by Crippen LogP contribution is -2.31. The second-order valence-corrected chi connectivity index (χ2v) is 6.90. The first-order chi connectivity index (χ1) is 8.18. The molecule has 0 radical (unpaired) electrons. The largest absolute Gasteiger partial charge is 0.501 e. The van der Waals surface area contributed by atoms with Gasteiger partial charge in [-0.2, -0.15) is 0 Å². The van der Waals surface area contributed by atoms with Crippen LogP contribution in [0.15, 0.2) is 11.3 Å². The van der Waals surface area contributed by atoms with E-state index in [-0.39, 0.29) is 10.8 Å². The van der Waals surface area contributed by atoms with Crippen LogP contribution >= 0.6 is 0 Å². The third kappa shape index (κ3) is 4.03. The average molecular weight is 254 g/mol. The van der Waals surface area contributed by atoms with Crippen LogP contribution in [0.2, 0.25) is 6.32 Å². The van der Waals surface area contributed by atoms with Gasteiger partial charge < -0.3 is 14.8 Å². The Kier molecular flexibility index (Phi) is 4.90. The van der Waals surface area contributed by atoms with E-state index >= 15 is 0 Å². The van der Waals surface area contributed by atoms with Crippen LogP contribution in [0.5, 0.6) is 0 Å². The number of hydrogen-bond donors (Lipinski definition) is 2. The fraction of sp³-hybridized carbons (Fsp3) is 0.857. The van der Waals surface area contributed by atoms with E-state index in [1.807, 2.05) is 0 Å². The molecule has 2 N–H and O–H groups in total. The van der Waals surface area contributed by atoms with Gasteiger partial charge in [-0.1, -0.05) is 27.7 Å². The van der Waals surface area contributed by atoms with Crippen LogP contribution in [0.1, 0.15) is 53.4 Å². The van der Waals surface area contributed by atoms with E-state index in [9.17, 15) is 0 Å². The molecular formula is C14H27BO3. The molecule has 0 amide bonds. The van der Waals surface area contributed by atoms with Crippen molar-refractivity contribution in [1.82, 2.24) is 0 Å². The number of hydrogen-bond acceptors (Lipinski definition) is 3. The molecule has 3 nitrogen and oxygen atoms in total. The Morgan fingerprint density at radius 2 is 1.78 bits per heavy atom. The van der Waals surface area contributed by atoms with Crippen LogP contribution in [-0.2, 0) is 4.74 Å². The number of rotatable bonds is 6. The molecule has 4 heteroatoms. The molecule has 104 valence electrons. The second kappa shape index (κ2) is 5.66. The highest BCUT2D eigenvalue weighted by molar-refractivity contribution is 6.41. The highest BCUT2D eigenvalue weighted by Gasteiger charge is 2.36. The molecule has 0 aromatic carbocycles. The predicted molar refractivity (Wildman–Crippen MR) is 75.1 cm³/mol. The molecule has 1 rings (SSSR count). The number of methoxy groups -OCH3 is 1. The average Bonchev–Trinajstić information content (AvgIpc) is 2.05. The van der Waals surface area contributed by atoms with E-state index in [2.05, 4.69) is 27.7 Å². The van der Waals surface area contributed by atoms with E-state index in [1.165, 1.54) is 12.0 Å². The zero-order chi connectivity index (χ0) is 14.0. The first-order valence-electron chi connectivity index (χ1n) is 6.80. The van der Waals surface area contributed by atoms with Crippen molar-refractivity contribution in [2.45, 2.75) is 59.7 Å². The van der Waals surface area contributed by atoms with E-state index in [4.69, 9.17) is 14.8 Å². The minimum atomic E-state index is -1.24. The maximum absolute atomic E-state index is 9.16. The van der Waals surface area contributed by atoms with Gasteiger partial charge in [0.05, 0.1) is 7.11 Å². The van der Waals surface area contributed by atoms with E-state index in [1.54, 1.807) is 7.11 Å². The minimum absolute atomic E-state index is 0.0527. The fourth-order valence-corrected chi connectivity index (χ4v) is 3.32. The van der Waals surface area contributed by atoms with Crippen LogP contribution in [0.4, 0.5) is 0 Å². The summed E-state index contributed by atoms with van der Waals surface area (Å²) >= 11 is 0. The highest BCUT2D eigenvalue weighted by atomic mass is 16.5. The van der Waals surface area contributed by atoms with Gasteiger partial charge in [-0.15, -0.1) is 0 Å². The highest BCUT2D eigenvalue weighted by Crippen LogP contribution is 2.45. The number of allylic oxidation sites excluding steroid dienone is 2. The van der Waals surface area contributed by atoms with Crippen molar-refractivity contribution in [3.8, 4) is 0 Å². The lowest BCUT2D eigenvalue weighted by atomic mass is 9.63. The van der Waals surface area contributed by atoms with Crippen LogP contribution in [0, 0.1) is 10.8 Å². The molecule has 0 unspecified atom stereocenters. The third-order valence-electron chi connectivity index (χ3n) is 3.75. The van der Waals surface area contributed by atoms with Crippen molar-refractivity contribution in [2.75, 3.05) is 7.11 Å².